The summed E-state index contributed by atoms with van der Waals surface area (Å²) in [4.78, 5) is 26.9. The van der Waals surface area contributed by atoms with Crippen LogP contribution in [0.15, 0.2) is 47.7 Å². The maximum atomic E-state index is 12.9. The van der Waals surface area contributed by atoms with Crippen molar-refractivity contribution in [3.63, 3.8) is 0 Å². The Morgan fingerprint density at radius 1 is 1.03 bits per heavy atom. The number of aromatic nitrogens is 5. The summed E-state index contributed by atoms with van der Waals surface area (Å²) in [5, 5.41) is 7.44. The maximum Gasteiger partial charge on any atom is 0.253 e. The third kappa shape index (κ3) is 3.76. The monoisotopic (exact) mass is 459 g/mol. The summed E-state index contributed by atoms with van der Waals surface area (Å²) >= 11 is 0. The zero-order chi connectivity index (χ0) is 23.8. The molecule has 5 rings (SSSR count). The van der Waals surface area contributed by atoms with E-state index in [0.29, 0.717) is 18.6 Å². The second-order valence-corrected chi connectivity index (χ2v) is 9.20. The van der Waals surface area contributed by atoms with E-state index in [9.17, 15) is 4.79 Å². The number of hydrogen-bond acceptors (Lipinski definition) is 6. The van der Waals surface area contributed by atoms with Gasteiger partial charge in [-0.1, -0.05) is 19.9 Å². The number of fused-ring (bicyclic) bond motifs is 2. The van der Waals surface area contributed by atoms with E-state index in [-0.39, 0.29) is 11.6 Å². The number of benzene rings is 1. The molecule has 1 saturated heterocycles. The number of H-pyrrole nitrogens is 1. The summed E-state index contributed by atoms with van der Waals surface area (Å²) in [6.45, 7) is 11.2. The highest BCUT2D eigenvalue weighted by Crippen LogP contribution is 2.34. The highest BCUT2D eigenvalue weighted by Gasteiger charge is 2.36. The van der Waals surface area contributed by atoms with Gasteiger partial charge in [0.1, 0.15) is 5.52 Å². The molecular formula is C26H33N7O. The Morgan fingerprint density at radius 2 is 1.79 bits per heavy atom. The number of aromatic amines is 1. The first-order valence-corrected chi connectivity index (χ1v) is 12.4. The van der Waals surface area contributed by atoms with E-state index in [4.69, 9.17) is 0 Å². The summed E-state index contributed by atoms with van der Waals surface area (Å²) < 4.78 is 1.78. The Labute approximate surface area is 199 Å². The van der Waals surface area contributed by atoms with Gasteiger partial charge in [0, 0.05) is 56.2 Å². The number of piperazine rings is 1. The average Bonchev–Trinajstić information content (AvgIpc) is 3.36. The molecule has 1 N–H and O–H groups in total. The van der Waals surface area contributed by atoms with Gasteiger partial charge in [0.15, 0.2) is 0 Å². The van der Waals surface area contributed by atoms with E-state index in [1.807, 2.05) is 6.92 Å². The van der Waals surface area contributed by atoms with Crippen LogP contribution in [-0.4, -0.2) is 54.8 Å². The van der Waals surface area contributed by atoms with Crippen LogP contribution in [0.25, 0.3) is 22.1 Å². The Kier molecular flexibility index (Phi) is 6.08. The molecule has 1 aliphatic rings. The lowest BCUT2D eigenvalue weighted by Crippen LogP contribution is -2.58. The summed E-state index contributed by atoms with van der Waals surface area (Å²) in [7, 11) is 0. The van der Waals surface area contributed by atoms with Crippen LogP contribution in [0.1, 0.15) is 52.1 Å². The van der Waals surface area contributed by atoms with Crippen molar-refractivity contribution in [2.24, 2.45) is 0 Å². The minimum Gasteiger partial charge on any atom is -0.364 e. The molecular weight excluding hydrogens is 426 g/mol. The largest absolute Gasteiger partial charge is 0.364 e. The summed E-state index contributed by atoms with van der Waals surface area (Å²) in [5.74, 6) is 0. The molecule has 0 saturated carbocycles. The van der Waals surface area contributed by atoms with Gasteiger partial charge in [-0.25, -0.2) is 0 Å². The summed E-state index contributed by atoms with van der Waals surface area (Å²) in [6, 6.07) is 9.14. The standard InChI is InChI=1S/C26H33N7O/c1-5-19-16-33(23-13-25(34)31(7-3)24-14-29-30-26(23)24)20(6-2)15-32(19)17(4)18-8-9-21-22(12-18)28-11-10-27-21/h8-14,17,19-20H,5-7,15-16H2,1-4H3,(H,29,30)/t17?,19-,20+/m1/s1. The van der Waals surface area contributed by atoms with E-state index in [0.717, 1.165) is 53.7 Å². The van der Waals surface area contributed by atoms with Crippen LogP contribution >= 0.6 is 0 Å². The Bertz CT molecular complexity index is 1360. The zero-order valence-electron chi connectivity index (χ0n) is 20.4. The average molecular weight is 460 g/mol. The molecule has 0 amide bonds. The number of rotatable bonds is 6. The molecule has 8 heteroatoms. The second kappa shape index (κ2) is 9.18. The van der Waals surface area contributed by atoms with Crippen molar-refractivity contribution in [3.8, 4) is 0 Å². The Balaban J connectivity index is 1.49. The highest BCUT2D eigenvalue weighted by atomic mass is 16.1. The van der Waals surface area contributed by atoms with Crippen molar-refractivity contribution in [2.45, 2.75) is 65.2 Å². The first kappa shape index (κ1) is 22.5. The lowest BCUT2D eigenvalue weighted by atomic mass is 9.96. The van der Waals surface area contributed by atoms with Gasteiger partial charge < -0.3 is 9.47 Å². The molecule has 0 radical (unpaired) electrons. The first-order valence-electron chi connectivity index (χ1n) is 12.4. The molecule has 4 aromatic rings. The fourth-order valence-electron chi connectivity index (χ4n) is 5.50. The van der Waals surface area contributed by atoms with E-state index in [1.54, 1.807) is 29.2 Å². The molecule has 34 heavy (non-hydrogen) atoms. The van der Waals surface area contributed by atoms with Crippen LogP contribution in [-0.2, 0) is 6.54 Å². The number of aryl methyl sites for hydroxylation is 1. The third-order valence-corrected chi connectivity index (χ3v) is 7.47. The van der Waals surface area contributed by atoms with Gasteiger partial charge in [-0.3, -0.25) is 24.8 Å². The van der Waals surface area contributed by atoms with Crippen LogP contribution < -0.4 is 10.5 Å². The normalized spacial score (nSPS) is 20.3. The highest BCUT2D eigenvalue weighted by molar-refractivity contribution is 5.88. The molecule has 3 atom stereocenters. The van der Waals surface area contributed by atoms with Crippen LogP contribution in [0.2, 0.25) is 0 Å². The van der Waals surface area contributed by atoms with Crippen molar-refractivity contribution in [3.05, 3.63) is 58.8 Å². The molecule has 1 aliphatic heterocycles. The lowest BCUT2D eigenvalue weighted by molar-refractivity contribution is 0.101. The van der Waals surface area contributed by atoms with E-state index in [1.165, 1.54) is 5.56 Å². The van der Waals surface area contributed by atoms with Gasteiger partial charge in [-0.2, -0.15) is 5.10 Å². The Morgan fingerprint density at radius 3 is 2.53 bits per heavy atom. The summed E-state index contributed by atoms with van der Waals surface area (Å²) in [6.07, 6.45) is 7.28. The topological polar surface area (TPSA) is 82.9 Å². The number of nitrogens with one attached hydrogen (secondary N) is 1. The quantitative estimate of drug-likeness (QED) is 0.467. The molecule has 0 bridgehead atoms. The predicted molar refractivity (Wildman–Crippen MR) is 136 cm³/mol. The van der Waals surface area contributed by atoms with Crippen molar-refractivity contribution in [2.75, 3.05) is 18.0 Å². The van der Waals surface area contributed by atoms with Crippen LogP contribution in [0, 0.1) is 0 Å². The maximum absolute atomic E-state index is 12.9. The Hall–Kier alpha value is -3.26. The second-order valence-electron chi connectivity index (χ2n) is 9.20. The van der Waals surface area contributed by atoms with Gasteiger partial charge >= 0.3 is 0 Å². The molecule has 178 valence electrons. The molecule has 0 aliphatic carbocycles. The van der Waals surface area contributed by atoms with Gasteiger partial charge in [-0.05, 0) is 44.4 Å². The van der Waals surface area contributed by atoms with Crippen molar-refractivity contribution in [1.29, 1.82) is 0 Å². The fraction of sp³-hybridized carbons (Fsp3) is 0.462. The molecule has 3 aromatic heterocycles. The summed E-state index contributed by atoms with van der Waals surface area (Å²) in [5.41, 5.74) is 5.94. The number of hydrogen-bond donors (Lipinski definition) is 1. The predicted octanol–water partition coefficient (Wildman–Crippen LogP) is 4.13. The van der Waals surface area contributed by atoms with Crippen molar-refractivity contribution >= 4 is 27.8 Å². The minimum absolute atomic E-state index is 0.0300. The van der Waals surface area contributed by atoms with Crippen LogP contribution in [0.4, 0.5) is 5.69 Å². The fourth-order valence-corrected chi connectivity index (χ4v) is 5.50. The van der Waals surface area contributed by atoms with E-state index >= 15 is 0 Å². The van der Waals surface area contributed by atoms with Crippen molar-refractivity contribution in [1.82, 2.24) is 29.6 Å². The van der Waals surface area contributed by atoms with Crippen LogP contribution in [0.5, 0.6) is 0 Å². The molecule has 4 heterocycles. The molecule has 1 unspecified atom stereocenters. The number of anilines is 1. The van der Waals surface area contributed by atoms with Gasteiger partial charge in [-0.15, -0.1) is 0 Å². The van der Waals surface area contributed by atoms with Gasteiger partial charge in [0.25, 0.3) is 5.56 Å². The molecule has 8 nitrogen and oxygen atoms in total. The van der Waals surface area contributed by atoms with E-state index in [2.05, 4.69) is 68.9 Å². The lowest BCUT2D eigenvalue weighted by Gasteiger charge is -2.49. The van der Waals surface area contributed by atoms with Crippen LogP contribution in [0.3, 0.4) is 0 Å². The van der Waals surface area contributed by atoms with Crippen molar-refractivity contribution < 1.29 is 0 Å². The van der Waals surface area contributed by atoms with E-state index < -0.39 is 0 Å². The van der Waals surface area contributed by atoms with Gasteiger partial charge in [0.05, 0.1) is 28.4 Å². The number of nitrogens with zero attached hydrogens (tertiary/aromatic N) is 6. The third-order valence-electron chi connectivity index (χ3n) is 7.47. The molecule has 0 spiro atoms. The molecule has 1 aromatic carbocycles. The zero-order valence-corrected chi connectivity index (χ0v) is 20.4. The smallest absolute Gasteiger partial charge is 0.253 e. The first-order chi connectivity index (χ1) is 16.5. The van der Waals surface area contributed by atoms with Gasteiger partial charge in [0.2, 0.25) is 0 Å². The number of pyridine rings is 1. The SMILES string of the molecule is CC[C@H]1CN(C(C)c2ccc3nccnc3c2)[C@H](CC)CN1c1cc(=O)n(CC)c2cn[nH]c12. The minimum atomic E-state index is 0.0300. The molecule has 1 fully saturated rings.